The number of phenolic OH excluding ortho intramolecular Hbond substituents is 2. The first-order valence-electron chi connectivity index (χ1n) is 8.97. The van der Waals surface area contributed by atoms with Gasteiger partial charge in [0.25, 0.3) is 0 Å². The van der Waals surface area contributed by atoms with Crippen molar-refractivity contribution in [2.45, 2.75) is 39.2 Å². The molecule has 1 unspecified atom stereocenters. The van der Waals surface area contributed by atoms with Crippen LogP contribution in [0.15, 0.2) is 6.07 Å². The van der Waals surface area contributed by atoms with E-state index in [1.165, 1.54) is 13.2 Å². The third kappa shape index (κ3) is 3.54. The molecule has 9 heteroatoms. The molecule has 0 amide bonds. The molecule has 6 nitrogen and oxygen atoms in total. The highest BCUT2D eigenvalue weighted by Gasteiger charge is 2.39. The van der Waals surface area contributed by atoms with Gasteiger partial charge in [0.2, 0.25) is 0 Å². The van der Waals surface area contributed by atoms with Gasteiger partial charge in [-0.3, -0.25) is 0 Å². The van der Waals surface area contributed by atoms with Crippen LogP contribution >= 0.6 is 34.8 Å². The van der Waals surface area contributed by atoms with Crippen LogP contribution in [-0.2, 0) is 11.2 Å². The maximum absolute atomic E-state index is 12.5. The quantitative estimate of drug-likeness (QED) is 0.482. The number of esters is 1. The molecule has 2 aromatic carbocycles. The van der Waals surface area contributed by atoms with E-state index in [0.717, 1.165) is 0 Å². The van der Waals surface area contributed by atoms with Gasteiger partial charge in [0.05, 0.1) is 17.2 Å². The zero-order chi connectivity index (χ0) is 21.5. The normalized spacial score (nSPS) is 15.2. The average molecular weight is 462 g/mol. The molecular weight excluding hydrogens is 443 g/mol. The number of carbonyl (C=O) groups excluding carboxylic acids is 1. The molecular formula is C20H19Cl3O6. The summed E-state index contributed by atoms with van der Waals surface area (Å²) in [6, 6.07) is 1.30. The lowest BCUT2D eigenvalue weighted by atomic mass is 10.0. The molecule has 2 aromatic rings. The molecule has 0 aliphatic carbocycles. The number of hydrogen-bond donors (Lipinski definition) is 2. The third-order valence-electron chi connectivity index (χ3n) is 4.67. The van der Waals surface area contributed by atoms with E-state index < -0.39 is 17.8 Å². The summed E-state index contributed by atoms with van der Waals surface area (Å²) in [7, 11) is 1.43. The van der Waals surface area contributed by atoms with E-state index in [1.807, 2.05) is 13.8 Å². The van der Waals surface area contributed by atoms with Gasteiger partial charge in [0.15, 0.2) is 23.0 Å². The van der Waals surface area contributed by atoms with Gasteiger partial charge in [-0.2, -0.15) is 0 Å². The lowest BCUT2D eigenvalue weighted by Gasteiger charge is -2.19. The summed E-state index contributed by atoms with van der Waals surface area (Å²) in [6.45, 7) is 3.74. The second-order valence-corrected chi connectivity index (χ2v) is 7.60. The number of aromatic hydroxyl groups is 2. The first kappa shape index (κ1) is 21.7. The number of benzene rings is 2. The lowest BCUT2D eigenvalue weighted by Crippen LogP contribution is -2.02. The predicted molar refractivity (Wildman–Crippen MR) is 110 cm³/mol. The summed E-state index contributed by atoms with van der Waals surface area (Å²) >= 11 is 18.9. The summed E-state index contributed by atoms with van der Waals surface area (Å²) in [5.74, 6) is -1.24. The lowest BCUT2D eigenvalue weighted by molar-refractivity contribution is 0.0377. The Balaban J connectivity index is 2.25. The number of halogens is 3. The van der Waals surface area contributed by atoms with Crippen LogP contribution in [0.1, 0.15) is 54.3 Å². The van der Waals surface area contributed by atoms with Crippen LogP contribution in [0.2, 0.25) is 15.1 Å². The second-order valence-electron chi connectivity index (χ2n) is 6.47. The van der Waals surface area contributed by atoms with Crippen molar-refractivity contribution in [3.8, 4) is 28.7 Å². The minimum atomic E-state index is -0.679. The molecule has 0 aromatic heterocycles. The zero-order valence-corrected chi connectivity index (χ0v) is 18.2. The van der Waals surface area contributed by atoms with E-state index in [-0.39, 0.29) is 43.6 Å². The van der Waals surface area contributed by atoms with Gasteiger partial charge >= 0.3 is 5.97 Å². The number of ether oxygens (including phenoxy) is 3. The molecule has 0 spiro atoms. The fraction of sp³-hybridized carbons (Fsp3) is 0.350. The maximum Gasteiger partial charge on any atom is 0.343 e. The van der Waals surface area contributed by atoms with E-state index in [0.29, 0.717) is 30.4 Å². The fourth-order valence-electron chi connectivity index (χ4n) is 3.30. The highest BCUT2D eigenvalue weighted by Crippen LogP contribution is 2.54. The Kier molecular flexibility index (Phi) is 6.27. The fourth-order valence-corrected chi connectivity index (χ4v) is 4.20. The van der Waals surface area contributed by atoms with Gasteiger partial charge in [-0.15, -0.1) is 0 Å². The van der Waals surface area contributed by atoms with Crippen LogP contribution in [0.25, 0.3) is 0 Å². The molecule has 1 aliphatic heterocycles. The average Bonchev–Trinajstić information content (AvgIpc) is 3.04. The van der Waals surface area contributed by atoms with Crippen molar-refractivity contribution in [2.75, 3.05) is 7.11 Å². The maximum atomic E-state index is 12.5. The second kappa shape index (κ2) is 8.38. The number of hydrogen-bond acceptors (Lipinski definition) is 6. The van der Waals surface area contributed by atoms with Crippen LogP contribution in [0.4, 0.5) is 0 Å². The predicted octanol–water partition coefficient (Wildman–Crippen LogP) is 6.43. The molecule has 0 saturated carbocycles. The Hall–Kier alpha value is -2.02. The van der Waals surface area contributed by atoms with E-state index >= 15 is 0 Å². The highest BCUT2D eigenvalue weighted by atomic mass is 35.5. The van der Waals surface area contributed by atoms with Crippen molar-refractivity contribution in [2.24, 2.45) is 0 Å². The van der Waals surface area contributed by atoms with Crippen molar-refractivity contribution >= 4 is 40.8 Å². The van der Waals surface area contributed by atoms with E-state index in [2.05, 4.69) is 0 Å². The van der Waals surface area contributed by atoms with Crippen molar-refractivity contribution in [1.29, 1.82) is 0 Å². The molecule has 0 bridgehead atoms. The molecule has 2 N–H and O–H groups in total. The number of methoxy groups -OCH3 is 1. The van der Waals surface area contributed by atoms with Crippen LogP contribution in [0, 0.1) is 0 Å². The van der Waals surface area contributed by atoms with Crippen LogP contribution in [0.5, 0.6) is 28.7 Å². The Morgan fingerprint density at radius 1 is 1.10 bits per heavy atom. The van der Waals surface area contributed by atoms with Crippen molar-refractivity contribution in [3.05, 3.63) is 37.8 Å². The zero-order valence-electron chi connectivity index (χ0n) is 15.9. The number of phenols is 2. The Labute approximate surface area is 182 Å². The first-order chi connectivity index (χ1) is 13.8. The summed E-state index contributed by atoms with van der Waals surface area (Å²) in [5, 5.41) is 20.8. The third-order valence-corrected chi connectivity index (χ3v) is 5.82. The summed E-state index contributed by atoms with van der Waals surface area (Å²) in [6.07, 6.45) is 0.957. The Morgan fingerprint density at radius 3 is 2.38 bits per heavy atom. The first-order valence-corrected chi connectivity index (χ1v) is 10.1. The standard InChI is InChI=1S/C20H19Cl3O6/c1-4-6-8-14(21)11(27-3)7-9(24)18(8)29-19-13-12(10(5-2)28-20(13)26)15(22)17(25)16(19)23/h7,10,24-25H,4-6H2,1-3H3. The Bertz CT molecular complexity index is 989. The molecule has 0 saturated heterocycles. The summed E-state index contributed by atoms with van der Waals surface area (Å²) < 4.78 is 16.4. The molecule has 0 fully saturated rings. The van der Waals surface area contributed by atoms with Gasteiger partial charge in [-0.05, 0) is 12.8 Å². The molecule has 1 heterocycles. The van der Waals surface area contributed by atoms with Crippen molar-refractivity contribution in [1.82, 2.24) is 0 Å². The van der Waals surface area contributed by atoms with Crippen molar-refractivity contribution < 1.29 is 29.2 Å². The van der Waals surface area contributed by atoms with Crippen LogP contribution in [0.3, 0.4) is 0 Å². The number of carbonyl (C=O) groups is 1. The van der Waals surface area contributed by atoms with Crippen molar-refractivity contribution in [3.63, 3.8) is 0 Å². The van der Waals surface area contributed by atoms with E-state index in [1.54, 1.807) is 0 Å². The largest absolute Gasteiger partial charge is 0.505 e. The molecule has 0 radical (unpaired) electrons. The van der Waals surface area contributed by atoms with Gasteiger partial charge in [-0.25, -0.2) is 4.79 Å². The van der Waals surface area contributed by atoms with E-state index in [9.17, 15) is 15.0 Å². The smallest absolute Gasteiger partial charge is 0.343 e. The molecule has 1 atom stereocenters. The summed E-state index contributed by atoms with van der Waals surface area (Å²) in [5.41, 5.74) is 0.786. The van der Waals surface area contributed by atoms with Gasteiger partial charge < -0.3 is 24.4 Å². The Morgan fingerprint density at radius 2 is 1.79 bits per heavy atom. The highest BCUT2D eigenvalue weighted by molar-refractivity contribution is 6.39. The number of fused-ring (bicyclic) bond motifs is 1. The number of cyclic esters (lactones) is 1. The number of rotatable bonds is 6. The minimum absolute atomic E-state index is 0.0104. The molecule has 156 valence electrons. The molecule has 1 aliphatic rings. The van der Waals surface area contributed by atoms with Gasteiger partial charge in [-0.1, -0.05) is 55.1 Å². The topological polar surface area (TPSA) is 85.2 Å². The molecule has 3 rings (SSSR count). The minimum Gasteiger partial charge on any atom is -0.505 e. The monoisotopic (exact) mass is 460 g/mol. The van der Waals surface area contributed by atoms with Gasteiger partial charge in [0.1, 0.15) is 22.4 Å². The SMILES string of the molecule is CCCc1c(Cl)c(OC)cc(O)c1Oc1c(Cl)c(O)c(Cl)c2c1C(=O)OC2CC. The van der Waals surface area contributed by atoms with Crippen LogP contribution in [-0.4, -0.2) is 23.3 Å². The van der Waals surface area contributed by atoms with Crippen LogP contribution < -0.4 is 9.47 Å². The van der Waals surface area contributed by atoms with Gasteiger partial charge in [0, 0.05) is 17.2 Å². The summed E-state index contributed by atoms with van der Waals surface area (Å²) in [4.78, 5) is 12.5. The molecule has 29 heavy (non-hydrogen) atoms. The van der Waals surface area contributed by atoms with E-state index in [4.69, 9.17) is 49.0 Å².